The van der Waals surface area contributed by atoms with Gasteiger partial charge in [-0.25, -0.2) is 4.98 Å². The quantitative estimate of drug-likeness (QED) is 0.447. The third-order valence-electron chi connectivity index (χ3n) is 3.51. The number of carbonyl (C=O) groups is 1. The predicted molar refractivity (Wildman–Crippen MR) is 89.6 cm³/mol. The molecule has 0 N–H and O–H groups in total. The molecule has 0 bridgehead atoms. The van der Waals surface area contributed by atoms with Crippen LogP contribution >= 0.6 is 0 Å². The molecule has 0 aliphatic heterocycles. The SMILES string of the molecule is COC(=O)Cc1cccc2ncn(COCC[Si](C)(C)C)c12. The number of imidazole rings is 1. The van der Waals surface area contributed by atoms with E-state index >= 15 is 0 Å². The molecule has 2 rings (SSSR count). The van der Waals surface area contributed by atoms with Crippen molar-refractivity contribution in [3.63, 3.8) is 0 Å². The Morgan fingerprint density at radius 1 is 1.32 bits per heavy atom. The lowest BCUT2D eigenvalue weighted by Crippen LogP contribution is -2.22. The Labute approximate surface area is 132 Å². The minimum absolute atomic E-state index is 0.244. The van der Waals surface area contributed by atoms with Crippen LogP contribution in [0.5, 0.6) is 0 Å². The van der Waals surface area contributed by atoms with Gasteiger partial charge in [0.25, 0.3) is 0 Å². The number of methoxy groups -OCH3 is 1. The minimum Gasteiger partial charge on any atom is -0.469 e. The van der Waals surface area contributed by atoms with E-state index in [-0.39, 0.29) is 12.4 Å². The van der Waals surface area contributed by atoms with Crippen molar-refractivity contribution in [3.05, 3.63) is 30.1 Å². The summed E-state index contributed by atoms with van der Waals surface area (Å²) in [5.41, 5.74) is 2.73. The molecule has 0 spiro atoms. The molecule has 1 heterocycles. The second kappa shape index (κ2) is 7.06. The van der Waals surface area contributed by atoms with Gasteiger partial charge in [-0.1, -0.05) is 31.8 Å². The molecule has 2 aromatic rings. The number of rotatable bonds is 7. The molecule has 1 aromatic carbocycles. The van der Waals surface area contributed by atoms with Gasteiger partial charge in [-0.15, -0.1) is 0 Å². The number of esters is 1. The number of carbonyl (C=O) groups excluding carboxylic acids is 1. The zero-order valence-electron chi connectivity index (χ0n) is 13.8. The van der Waals surface area contributed by atoms with Crippen molar-refractivity contribution in [2.75, 3.05) is 13.7 Å². The lowest BCUT2D eigenvalue weighted by atomic mass is 10.1. The summed E-state index contributed by atoms with van der Waals surface area (Å²) in [6, 6.07) is 6.91. The number of fused-ring (bicyclic) bond motifs is 1. The first-order valence-corrected chi connectivity index (χ1v) is 11.2. The first kappa shape index (κ1) is 16.7. The van der Waals surface area contributed by atoms with Gasteiger partial charge in [0.05, 0.1) is 30.9 Å². The molecule has 0 aliphatic rings. The smallest absolute Gasteiger partial charge is 0.310 e. The molecular weight excluding hydrogens is 296 g/mol. The van der Waals surface area contributed by atoms with Crippen molar-refractivity contribution in [2.24, 2.45) is 0 Å². The molecule has 6 heteroatoms. The number of nitrogens with zero attached hydrogens (tertiary/aromatic N) is 2. The Kier molecular flexibility index (Phi) is 5.36. The number of benzene rings is 1. The van der Waals surface area contributed by atoms with Crippen LogP contribution in [0.2, 0.25) is 25.7 Å². The Morgan fingerprint density at radius 3 is 2.77 bits per heavy atom. The van der Waals surface area contributed by atoms with Crippen molar-refractivity contribution in [2.45, 2.75) is 38.8 Å². The Hall–Kier alpha value is -1.66. The average molecular weight is 320 g/mol. The molecule has 0 atom stereocenters. The zero-order valence-corrected chi connectivity index (χ0v) is 14.8. The highest BCUT2D eigenvalue weighted by molar-refractivity contribution is 6.76. The van der Waals surface area contributed by atoms with Gasteiger partial charge in [0.1, 0.15) is 6.73 Å². The molecule has 22 heavy (non-hydrogen) atoms. The number of para-hydroxylation sites is 1. The topological polar surface area (TPSA) is 53.3 Å². The highest BCUT2D eigenvalue weighted by Gasteiger charge is 2.14. The highest BCUT2D eigenvalue weighted by atomic mass is 28.3. The zero-order chi connectivity index (χ0) is 16.2. The Morgan fingerprint density at radius 2 is 2.09 bits per heavy atom. The number of hydrogen-bond acceptors (Lipinski definition) is 4. The maximum atomic E-state index is 11.6. The van der Waals surface area contributed by atoms with Crippen LogP contribution in [-0.2, 0) is 27.4 Å². The van der Waals surface area contributed by atoms with Crippen molar-refractivity contribution in [3.8, 4) is 0 Å². The van der Waals surface area contributed by atoms with Crippen LogP contribution in [0.15, 0.2) is 24.5 Å². The first-order valence-electron chi connectivity index (χ1n) is 7.48. The predicted octanol–water partition coefficient (Wildman–Crippen LogP) is 3.06. The van der Waals surface area contributed by atoms with E-state index in [2.05, 4.69) is 24.6 Å². The van der Waals surface area contributed by atoms with Crippen LogP contribution in [0.1, 0.15) is 5.56 Å². The van der Waals surface area contributed by atoms with Crippen LogP contribution in [0.25, 0.3) is 11.0 Å². The van der Waals surface area contributed by atoms with Crippen molar-refractivity contribution < 1.29 is 14.3 Å². The summed E-state index contributed by atoms with van der Waals surface area (Å²) in [7, 11) is 0.320. The maximum Gasteiger partial charge on any atom is 0.310 e. The van der Waals surface area contributed by atoms with Gasteiger partial charge in [0.15, 0.2) is 0 Å². The molecule has 0 saturated carbocycles. The summed E-state index contributed by atoms with van der Waals surface area (Å²) in [5, 5.41) is 0. The number of ether oxygens (including phenoxy) is 2. The summed E-state index contributed by atoms with van der Waals surface area (Å²) < 4.78 is 12.5. The molecule has 0 unspecified atom stereocenters. The molecule has 120 valence electrons. The summed E-state index contributed by atoms with van der Waals surface area (Å²) >= 11 is 0. The lowest BCUT2D eigenvalue weighted by Gasteiger charge is -2.16. The Bertz CT molecular complexity index is 646. The van der Waals surface area contributed by atoms with Gasteiger partial charge < -0.3 is 14.0 Å². The van der Waals surface area contributed by atoms with Gasteiger partial charge in [0.2, 0.25) is 0 Å². The highest BCUT2D eigenvalue weighted by Crippen LogP contribution is 2.19. The van der Waals surface area contributed by atoms with Crippen LogP contribution in [0, 0.1) is 0 Å². The van der Waals surface area contributed by atoms with E-state index in [4.69, 9.17) is 9.47 Å². The van der Waals surface area contributed by atoms with E-state index in [1.54, 1.807) is 6.33 Å². The van der Waals surface area contributed by atoms with Gasteiger partial charge >= 0.3 is 5.97 Å². The maximum absolute atomic E-state index is 11.6. The largest absolute Gasteiger partial charge is 0.469 e. The molecule has 1 aromatic heterocycles. The van der Waals surface area contributed by atoms with Crippen molar-refractivity contribution in [1.29, 1.82) is 0 Å². The average Bonchev–Trinajstić information content (AvgIpc) is 2.87. The van der Waals surface area contributed by atoms with E-state index in [0.29, 0.717) is 6.73 Å². The standard InChI is InChI=1S/C16H24N2O3Si/c1-20-15(19)10-13-6-5-7-14-16(13)18(11-17-14)12-21-8-9-22(2,3)4/h5-7,11H,8-10,12H2,1-4H3. The van der Waals surface area contributed by atoms with E-state index < -0.39 is 8.07 Å². The summed E-state index contributed by atoms with van der Waals surface area (Å²) in [5.74, 6) is -0.250. The molecule has 5 nitrogen and oxygen atoms in total. The molecule has 0 radical (unpaired) electrons. The van der Waals surface area contributed by atoms with Crippen LogP contribution in [0.4, 0.5) is 0 Å². The fourth-order valence-corrected chi connectivity index (χ4v) is 2.97. The first-order chi connectivity index (χ1) is 10.4. The normalized spacial score (nSPS) is 11.8. The second-order valence-electron chi connectivity index (χ2n) is 6.60. The van der Waals surface area contributed by atoms with Gasteiger partial charge in [-0.05, 0) is 17.7 Å². The van der Waals surface area contributed by atoms with Crippen LogP contribution < -0.4 is 0 Å². The summed E-state index contributed by atoms with van der Waals surface area (Å²) in [6.45, 7) is 8.21. The summed E-state index contributed by atoms with van der Waals surface area (Å²) in [4.78, 5) is 15.9. The van der Waals surface area contributed by atoms with Crippen molar-refractivity contribution in [1.82, 2.24) is 9.55 Å². The van der Waals surface area contributed by atoms with E-state index in [0.717, 1.165) is 29.2 Å². The monoisotopic (exact) mass is 320 g/mol. The number of aromatic nitrogens is 2. The van der Waals surface area contributed by atoms with E-state index in [1.165, 1.54) is 7.11 Å². The van der Waals surface area contributed by atoms with Crippen LogP contribution in [0.3, 0.4) is 0 Å². The molecule has 0 amide bonds. The minimum atomic E-state index is -1.08. The summed E-state index contributed by atoms with van der Waals surface area (Å²) in [6.07, 6.45) is 2.01. The Balaban J connectivity index is 2.11. The molecule has 0 aliphatic carbocycles. The lowest BCUT2D eigenvalue weighted by molar-refractivity contribution is -0.139. The van der Waals surface area contributed by atoms with Crippen molar-refractivity contribution >= 4 is 25.1 Å². The second-order valence-corrected chi connectivity index (χ2v) is 12.2. The van der Waals surface area contributed by atoms with E-state index in [9.17, 15) is 4.79 Å². The number of hydrogen-bond donors (Lipinski definition) is 0. The molecular formula is C16H24N2O3Si. The molecule has 0 fully saturated rings. The third-order valence-corrected chi connectivity index (χ3v) is 5.22. The fraction of sp³-hybridized carbons (Fsp3) is 0.500. The van der Waals surface area contributed by atoms with Gasteiger partial charge in [0, 0.05) is 14.7 Å². The molecule has 0 saturated heterocycles. The third kappa shape index (κ3) is 4.41. The van der Waals surface area contributed by atoms with Gasteiger partial charge in [-0.3, -0.25) is 4.79 Å². The van der Waals surface area contributed by atoms with Crippen LogP contribution in [-0.4, -0.2) is 37.3 Å². The van der Waals surface area contributed by atoms with E-state index in [1.807, 2.05) is 22.8 Å². The van der Waals surface area contributed by atoms with Gasteiger partial charge in [-0.2, -0.15) is 0 Å². The fourth-order valence-electron chi connectivity index (χ4n) is 2.21.